The van der Waals surface area contributed by atoms with Crippen molar-refractivity contribution in [2.24, 2.45) is 0 Å². The minimum Gasteiger partial charge on any atom is -0.211 e. The van der Waals surface area contributed by atoms with E-state index in [1.54, 1.807) is 12.1 Å². The van der Waals surface area contributed by atoms with E-state index in [2.05, 4.69) is 27.6 Å². The van der Waals surface area contributed by atoms with Crippen LogP contribution in [0.15, 0.2) is 29.2 Å². The zero-order valence-corrected chi connectivity index (χ0v) is 13.8. The number of halogens is 1. The summed E-state index contributed by atoms with van der Waals surface area (Å²) in [6.45, 7) is 2.64. The van der Waals surface area contributed by atoms with E-state index in [1.807, 2.05) is 12.1 Å². The van der Waals surface area contributed by atoms with Crippen LogP contribution in [-0.2, 0) is 16.4 Å². The zero-order chi connectivity index (χ0) is 14.1. The minimum atomic E-state index is -3.35. The van der Waals surface area contributed by atoms with E-state index in [0.717, 1.165) is 24.6 Å². The number of rotatable bonds is 9. The molecule has 0 aliphatic rings. The van der Waals surface area contributed by atoms with Crippen molar-refractivity contribution < 1.29 is 8.42 Å². The van der Waals surface area contributed by atoms with Crippen molar-refractivity contribution in [1.29, 1.82) is 0 Å². The van der Waals surface area contributed by atoms with Crippen LogP contribution in [0.2, 0.25) is 0 Å². The van der Waals surface area contributed by atoms with Crippen molar-refractivity contribution in [1.82, 2.24) is 4.72 Å². The molecule has 0 heterocycles. The minimum absolute atomic E-state index is 0.348. The normalized spacial score (nSPS) is 11.7. The molecule has 0 unspecified atom stereocenters. The summed E-state index contributed by atoms with van der Waals surface area (Å²) < 4.78 is 26.5. The number of hydrogen-bond acceptors (Lipinski definition) is 2. The van der Waals surface area contributed by atoms with E-state index < -0.39 is 10.0 Å². The van der Waals surface area contributed by atoms with Gasteiger partial charge in [-0.2, -0.15) is 0 Å². The number of nitrogens with one attached hydrogen (secondary N) is 1. The second-order valence-electron chi connectivity index (χ2n) is 4.54. The SMILES string of the molecule is CCCCCc1ccc(S(=O)(=O)NCCCBr)cc1. The van der Waals surface area contributed by atoms with Crippen LogP contribution in [0.1, 0.15) is 38.2 Å². The maximum Gasteiger partial charge on any atom is 0.240 e. The molecule has 0 spiro atoms. The summed E-state index contributed by atoms with van der Waals surface area (Å²) in [6, 6.07) is 7.21. The summed E-state index contributed by atoms with van der Waals surface area (Å²) in [5.74, 6) is 0. The van der Waals surface area contributed by atoms with Crippen LogP contribution in [0.3, 0.4) is 0 Å². The van der Waals surface area contributed by atoms with E-state index in [-0.39, 0.29) is 0 Å². The molecule has 1 aromatic rings. The van der Waals surface area contributed by atoms with Crippen molar-refractivity contribution in [3.8, 4) is 0 Å². The van der Waals surface area contributed by atoms with Crippen molar-refractivity contribution in [3.63, 3.8) is 0 Å². The number of alkyl halides is 1. The number of hydrogen-bond donors (Lipinski definition) is 1. The Bertz CT molecular complexity index is 457. The van der Waals surface area contributed by atoms with E-state index in [1.165, 1.54) is 18.4 Å². The van der Waals surface area contributed by atoms with Crippen LogP contribution in [-0.4, -0.2) is 20.3 Å². The highest BCUT2D eigenvalue weighted by atomic mass is 79.9. The molecular formula is C14H22BrNO2S. The second kappa shape index (κ2) is 8.72. The quantitative estimate of drug-likeness (QED) is 0.549. The predicted molar refractivity (Wildman–Crippen MR) is 83.3 cm³/mol. The Morgan fingerprint density at radius 3 is 2.37 bits per heavy atom. The van der Waals surface area contributed by atoms with Gasteiger partial charge in [-0.1, -0.05) is 47.8 Å². The van der Waals surface area contributed by atoms with Gasteiger partial charge >= 0.3 is 0 Å². The summed E-state index contributed by atoms with van der Waals surface area (Å²) in [5.41, 5.74) is 1.20. The monoisotopic (exact) mass is 347 g/mol. The fraction of sp³-hybridized carbons (Fsp3) is 0.571. The van der Waals surface area contributed by atoms with Crippen LogP contribution in [0.25, 0.3) is 0 Å². The Morgan fingerprint density at radius 1 is 1.11 bits per heavy atom. The summed E-state index contributed by atoms with van der Waals surface area (Å²) >= 11 is 3.28. The molecule has 0 fully saturated rings. The van der Waals surface area contributed by atoms with Gasteiger partial charge in [0.05, 0.1) is 4.90 Å². The number of sulfonamides is 1. The van der Waals surface area contributed by atoms with Gasteiger partial charge in [0.1, 0.15) is 0 Å². The summed E-state index contributed by atoms with van der Waals surface area (Å²) in [5, 5.41) is 0.798. The molecule has 1 aromatic carbocycles. The van der Waals surface area contributed by atoms with Gasteiger partial charge < -0.3 is 0 Å². The van der Waals surface area contributed by atoms with Crippen molar-refractivity contribution in [2.75, 3.05) is 11.9 Å². The first-order valence-corrected chi connectivity index (χ1v) is 9.35. The fourth-order valence-corrected chi connectivity index (χ4v) is 3.13. The molecule has 1 rings (SSSR count). The topological polar surface area (TPSA) is 46.2 Å². The average molecular weight is 348 g/mol. The lowest BCUT2D eigenvalue weighted by Gasteiger charge is -2.07. The number of benzene rings is 1. The summed E-state index contributed by atoms with van der Waals surface area (Å²) in [7, 11) is -3.35. The van der Waals surface area contributed by atoms with Gasteiger partial charge in [0, 0.05) is 11.9 Å². The molecule has 0 amide bonds. The van der Waals surface area contributed by atoms with Crippen LogP contribution < -0.4 is 4.72 Å². The molecule has 3 nitrogen and oxygen atoms in total. The Labute approximate surface area is 125 Å². The van der Waals surface area contributed by atoms with Crippen molar-refractivity contribution >= 4 is 26.0 Å². The van der Waals surface area contributed by atoms with Crippen LogP contribution in [0.4, 0.5) is 0 Å². The van der Waals surface area contributed by atoms with E-state index in [9.17, 15) is 8.42 Å². The molecule has 19 heavy (non-hydrogen) atoms. The van der Waals surface area contributed by atoms with Crippen LogP contribution in [0, 0.1) is 0 Å². The largest absolute Gasteiger partial charge is 0.240 e. The third-order valence-corrected chi connectivity index (χ3v) is 4.94. The van der Waals surface area contributed by atoms with E-state index in [4.69, 9.17) is 0 Å². The standard InChI is InChI=1S/C14H22BrNO2S/c1-2-3-4-6-13-7-9-14(10-8-13)19(17,18)16-12-5-11-15/h7-10,16H,2-6,11-12H2,1H3. The molecule has 0 aromatic heterocycles. The molecule has 0 radical (unpaired) electrons. The molecule has 1 N–H and O–H groups in total. The molecule has 0 aliphatic heterocycles. The lowest BCUT2D eigenvalue weighted by molar-refractivity contribution is 0.581. The first kappa shape index (κ1) is 16.7. The van der Waals surface area contributed by atoms with Crippen molar-refractivity contribution in [2.45, 2.75) is 43.9 Å². The number of aryl methyl sites for hydroxylation is 1. The predicted octanol–water partition coefficient (Wildman–Crippen LogP) is 3.48. The van der Waals surface area contributed by atoms with Gasteiger partial charge in [-0.3, -0.25) is 0 Å². The smallest absolute Gasteiger partial charge is 0.211 e. The van der Waals surface area contributed by atoms with Gasteiger partial charge in [0.25, 0.3) is 0 Å². The number of unbranched alkanes of at least 4 members (excludes halogenated alkanes) is 2. The third kappa shape index (κ3) is 6.06. The Hall–Kier alpha value is -0.390. The summed E-state index contributed by atoms with van der Waals surface area (Å²) in [6.07, 6.45) is 5.38. The van der Waals surface area contributed by atoms with Crippen molar-refractivity contribution in [3.05, 3.63) is 29.8 Å². The summed E-state index contributed by atoms with van der Waals surface area (Å²) in [4.78, 5) is 0.348. The van der Waals surface area contributed by atoms with Gasteiger partial charge in [-0.15, -0.1) is 0 Å². The first-order chi connectivity index (χ1) is 9.10. The third-order valence-electron chi connectivity index (χ3n) is 2.91. The molecule has 0 saturated carbocycles. The molecule has 0 saturated heterocycles. The van der Waals surface area contributed by atoms with Crippen LogP contribution >= 0.6 is 15.9 Å². The maximum atomic E-state index is 12.0. The van der Waals surface area contributed by atoms with Gasteiger partial charge in [-0.05, 0) is 37.0 Å². The molecular weight excluding hydrogens is 326 g/mol. The van der Waals surface area contributed by atoms with Gasteiger partial charge in [0.15, 0.2) is 0 Å². The molecule has 0 atom stereocenters. The Morgan fingerprint density at radius 2 is 1.79 bits per heavy atom. The molecule has 0 bridgehead atoms. The highest BCUT2D eigenvalue weighted by Crippen LogP contribution is 2.12. The second-order valence-corrected chi connectivity index (χ2v) is 7.10. The molecule has 5 heteroatoms. The fourth-order valence-electron chi connectivity index (χ4n) is 1.77. The molecule has 0 aliphatic carbocycles. The van der Waals surface area contributed by atoms with Gasteiger partial charge in [-0.25, -0.2) is 13.1 Å². The maximum absolute atomic E-state index is 12.0. The highest BCUT2D eigenvalue weighted by molar-refractivity contribution is 9.09. The van der Waals surface area contributed by atoms with Crippen LogP contribution in [0.5, 0.6) is 0 Å². The Kier molecular flexibility index (Phi) is 7.64. The lowest BCUT2D eigenvalue weighted by atomic mass is 10.1. The first-order valence-electron chi connectivity index (χ1n) is 6.74. The van der Waals surface area contributed by atoms with E-state index in [0.29, 0.717) is 11.4 Å². The average Bonchev–Trinajstić information content (AvgIpc) is 2.40. The molecule has 108 valence electrons. The lowest BCUT2D eigenvalue weighted by Crippen LogP contribution is -2.24. The van der Waals surface area contributed by atoms with E-state index >= 15 is 0 Å². The Balaban J connectivity index is 2.59. The van der Waals surface area contributed by atoms with Gasteiger partial charge in [0.2, 0.25) is 10.0 Å². The zero-order valence-electron chi connectivity index (χ0n) is 11.4. The highest BCUT2D eigenvalue weighted by Gasteiger charge is 2.12.